The molecule has 0 aliphatic carbocycles. The van der Waals surface area contributed by atoms with Crippen LogP contribution in [0, 0.1) is 0 Å². The summed E-state index contributed by atoms with van der Waals surface area (Å²) in [6.45, 7) is 0. The summed E-state index contributed by atoms with van der Waals surface area (Å²) in [4.78, 5) is 0. The molecule has 0 aliphatic rings. The minimum Gasteiger partial charge on any atom is 0 e. The van der Waals surface area contributed by atoms with Gasteiger partial charge < -0.3 is 0 Å². The molecule has 0 nitrogen and oxygen atoms in total. The fourth-order valence-electron chi connectivity index (χ4n) is 0. The smallest absolute Gasteiger partial charge is 0 e. The minimum absolute atomic E-state index is 0. The average Bonchev–Trinajstić information content (AvgIpc) is 0. The van der Waals surface area contributed by atoms with E-state index in [1.807, 2.05) is 0 Å². The van der Waals surface area contributed by atoms with Crippen molar-refractivity contribution in [3.8, 4) is 0 Å². The predicted octanol–water partition coefficient (Wildman–Crippen LogP) is -1.57. The van der Waals surface area contributed by atoms with E-state index in [9.17, 15) is 0 Å². The third-order valence-electron chi connectivity index (χ3n) is 0. The second-order valence-corrected chi connectivity index (χ2v) is 0. The van der Waals surface area contributed by atoms with Crippen LogP contribution in [0.2, 0.25) is 0 Å². The molecule has 0 fully saturated rings. The SMILES string of the molecule is [LiH].[MgH2].[Mn].[Zn]. The van der Waals surface area contributed by atoms with Crippen molar-refractivity contribution < 1.29 is 36.5 Å². The van der Waals surface area contributed by atoms with Crippen LogP contribution in [0.1, 0.15) is 0 Å². The Labute approximate surface area is 77.4 Å². The second-order valence-electron chi connectivity index (χ2n) is 0. The van der Waals surface area contributed by atoms with Gasteiger partial charge >= 0.3 is 41.9 Å². The molecule has 15 valence electrons. The van der Waals surface area contributed by atoms with Crippen LogP contribution in [-0.4, -0.2) is 41.9 Å². The van der Waals surface area contributed by atoms with Crippen LogP contribution in [0.25, 0.3) is 0 Å². The number of hydrogen-bond acceptors (Lipinski definition) is 0. The first-order valence-corrected chi connectivity index (χ1v) is 0. The molecule has 1 radical (unpaired) electrons. The fraction of sp³-hybridized carbons (Fsp3) is 0. The summed E-state index contributed by atoms with van der Waals surface area (Å²) in [5.41, 5.74) is 0. The molecule has 0 N–H and O–H groups in total. The molecule has 0 aromatic carbocycles. The van der Waals surface area contributed by atoms with Crippen LogP contribution < -0.4 is 0 Å². The van der Waals surface area contributed by atoms with Gasteiger partial charge in [-0.15, -0.1) is 0 Å². The van der Waals surface area contributed by atoms with Crippen LogP contribution in [0.4, 0.5) is 0 Å². The van der Waals surface area contributed by atoms with Gasteiger partial charge in [-0.2, -0.15) is 0 Å². The van der Waals surface area contributed by atoms with Gasteiger partial charge in [0.1, 0.15) is 0 Å². The van der Waals surface area contributed by atoms with Crippen molar-refractivity contribution in [2.45, 2.75) is 0 Å². The molecule has 0 atom stereocenters. The summed E-state index contributed by atoms with van der Waals surface area (Å²) >= 11 is 0. The minimum atomic E-state index is 0. The van der Waals surface area contributed by atoms with Gasteiger partial charge in [0.2, 0.25) is 0 Å². The van der Waals surface area contributed by atoms with Crippen LogP contribution in [-0.2, 0) is 36.5 Å². The Kier molecular flexibility index (Phi) is 140. The maximum atomic E-state index is 0. The standard InChI is InChI=1S/Li.Mg.Mn.Zn.3H. The summed E-state index contributed by atoms with van der Waals surface area (Å²) in [5.74, 6) is 0. The largest absolute Gasteiger partial charge is 0.316 e. The molecule has 0 spiro atoms. The Bertz CT molecular complexity index is 8.00. The van der Waals surface area contributed by atoms with E-state index in [-0.39, 0.29) is 78.5 Å². The van der Waals surface area contributed by atoms with Crippen LogP contribution in [0.5, 0.6) is 0 Å². The zero-order valence-corrected chi connectivity index (χ0v) is 5.23. The molecule has 0 saturated carbocycles. The van der Waals surface area contributed by atoms with Gasteiger partial charge in [-0.25, -0.2) is 0 Å². The Morgan fingerprint density at radius 3 is 1.00 bits per heavy atom. The normalized spacial score (nSPS) is 0. The van der Waals surface area contributed by atoms with E-state index in [1.165, 1.54) is 0 Å². The molecule has 0 aliphatic heterocycles. The van der Waals surface area contributed by atoms with E-state index in [4.69, 9.17) is 0 Å². The van der Waals surface area contributed by atoms with Crippen LogP contribution in [0.15, 0.2) is 0 Å². The molecule has 0 rings (SSSR count). The molecule has 0 unspecified atom stereocenters. The molecule has 0 heterocycles. The van der Waals surface area contributed by atoms with Crippen molar-refractivity contribution in [3.05, 3.63) is 0 Å². The summed E-state index contributed by atoms with van der Waals surface area (Å²) in [7, 11) is 0. The molecule has 0 saturated heterocycles. The first-order valence-electron chi connectivity index (χ1n) is 0. The zero-order valence-electron chi connectivity index (χ0n) is 1.09. The summed E-state index contributed by atoms with van der Waals surface area (Å²) < 4.78 is 0. The van der Waals surface area contributed by atoms with E-state index in [1.54, 1.807) is 0 Å². The van der Waals surface area contributed by atoms with Crippen molar-refractivity contribution in [2.75, 3.05) is 0 Å². The Morgan fingerprint density at radius 1 is 1.00 bits per heavy atom. The zero-order chi connectivity index (χ0) is 0. The molecule has 4 heavy (non-hydrogen) atoms. The number of rotatable bonds is 0. The third kappa shape index (κ3) is 8.82. The maximum absolute atomic E-state index is 0. The first-order chi connectivity index (χ1) is 0. The summed E-state index contributed by atoms with van der Waals surface area (Å²) in [5, 5.41) is 0. The number of hydrogen-bond donors (Lipinski definition) is 0. The van der Waals surface area contributed by atoms with Crippen LogP contribution >= 0.6 is 0 Å². The second kappa shape index (κ2) is 17.8. The Balaban J connectivity index is 0. The molecule has 0 amide bonds. The fourth-order valence-corrected chi connectivity index (χ4v) is 0. The van der Waals surface area contributed by atoms with Crippen LogP contribution in [0.3, 0.4) is 0 Å². The van der Waals surface area contributed by atoms with Crippen molar-refractivity contribution in [1.29, 1.82) is 0 Å². The Hall–Kier alpha value is 2.51. The van der Waals surface area contributed by atoms with Crippen molar-refractivity contribution in [2.24, 2.45) is 0 Å². The molecule has 4 heteroatoms. The van der Waals surface area contributed by atoms with E-state index in [0.717, 1.165) is 0 Å². The maximum Gasteiger partial charge on any atom is 0.316 e. The van der Waals surface area contributed by atoms with E-state index in [2.05, 4.69) is 0 Å². The molecular formula is H3LiMgMnZn. The van der Waals surface area contributed by atoms with Crippen molar-refractivity contribution in [3.63, 3.8) is 0 Å². The summed E-state index contributed by atoms with van der Waals surface area (Å²) in [6, 6.07) is 0. The Morgan fingerprint density at radius 2 is 1.00 bits per heavy atom. The average molecular weight is 155 g/mol. The van der Waals surface area contributed by atoms with E-state index < -0.39 is 0 Å². The van der Waals surface area contributed by atoms with Crippen molar-refractivity contribution >= 4 is 41.9 Å². The molecule has 0 aromatic rings. The van der Waals surface area contributed by atoms with E-state index >= 15 is 0 Å². The summed E-state index contributed by atoms with van der Waals surface area (Å²) in [6.07, 6.45) is 0. The van der Waals surface area contributed by atoms with Gasteiger partial charge in [-0.1, -0.05) is 0 Å². The predicted molar refractivity (Wildman–Crippen MR) is 15.7 cm³/mol. The molecular weight excluding hydrogens is 152 g/mol. The van der Waals surface area contributed by atoms with Gasteiger partial charge in [-0.3, -0.25) is 0 Å². The van der Waals surface area contributed by atoms with Crippen molar-refractivity contribution in [1.82, 2.24) is 0 Å². The van der Waals surface area contributed by atoms with E-state index in [0.29, 0.717) is 0 Å². The van der Waals surface area contributed by atoms with Gasteiger partial charge in [0, 0.05) is 36.5 Å². The molecule has 0 aromatic heterocycles. The van der Waals surface area contributed by atoms with Gasteiger partial charge in [0.25, 0.3) is 0 Å². The monoisotopic (exact) mass is 153 g/mol. The topological polar surface area (TPSA) is 0 Å². The van der Waals surface area contributed by atoms with Gasteiger partial charge in [0.05, 0.1) is 0 Å². The molecule has 0 bridgehead atoms. The van der Waals surface area contributed by atoms with Gasteiger partial charge in [0.15, 0.2) is 0 Å². The third-order valence-corrected chi connectivity index (χ3v) is 0. The quantitative estimate of drug-likeness (QED) is 0.370. The first kappa shape index (κ1) is 31.4. The van der Waals surface area contributed by atoms with Gasteiger partial charge in [-0.05, 0) is 0 Å².